The summed E-state index contributed by atoms with van der Waals surface area (Å²) >= 11 is 0. The average Bonchev–Trinajstić information content (AvgIpc) is 2.49. The van der Waals surface area contributed by atoms with Crippen LogP contribution in [0, 0.1) is 6.07 Å². The maximum Gasteiger partial charge on any atom is 0.0346 e. The molecule has 0 N–H and O–H groups in total. The average molecular weight is 230 g/mol. The number of hydrogen-bond donors (Lipinski definition) is 0. The first-order valence-electron chi connectivity index (χ1n) is 5.92. The van der Waals surface area contributed by atoms with Crippen LogP contribution in [0.15, 0.2) is 73.1 Å². The Hall–Kier alpha value is -2.41. The quantitative estimate of drug-likeness (QED) is 0.642. The van der Waals surface area contributed by atoms with Crippen molar-refractivity contribution in [3.05, 3.63) is 79.1 Å². The van der Waals surface area contributed by atoms with Crippen molar-refractivity contribution in [2.45, 2.75) is 0 Å². The van der Waals surface area contributed by atoms with E-state index in [-0.39, 0.29) is 0 Å². The number of pyridine rings is 1. The Kier molecular flexibility index (Phi) is 2.89. The third-order valence-corrected chi connectivity index (χ3v) is 2.89. The van der Waals surface area contributed by atoms with Gasteiger partial charge in [-0.05, 0) is 28.8 Å². The summed E-state index contributed by atoms with van der Waals surface area (Å²) in [6.07, 6.45) is 3.67. The molecule has 0 aliphatic carbocycles. The van der Waals surface area contributed by atoms with E-state index in [4.69, 9.17) is 0 Å². The van der Waals surface area contributed by atoms with Gasteiger partial charge in [-0.1, -0.05) is 54.6 Å². The van der Waals surface area contributed by atoms with Gasteiger partial charge in [0, 0.05) is 18.0 Å². The highest BCUT2D eigenvalue weighted by Crippen LogP contribution is 2.30. The number of benzene rings is 2. The van der Waals surface area contributed by atoms with Gasteiger partial charge < -0.3 is 0 Å². The Labute approximate surface area is 107 Å². The molecule has 1 aromatic heterocycles. The Morgan fingerprint density at radius 2 is 1.61 bits per heavy atom. The minimum atomic E-state index is 1.12. The summed E-state index contributed by atoms with van der Waals surface area (Å²) < 4.78 is 0. The van der Waals surface area contributed by atoms with Crippen LogP contribution < -0.4 is 0 Å². The molecule has 3 rings (SSSR count). The van der Waals surface area contributed by atoms with E-state index in [1.807, 2.05) is 42.6 Å². The van der Waals surface area contributed by atoms with Crippen LogP contribution in [-0.4, -0.2) is 4.98 Å². The van der Waals surface area contributed by atoms with Gasteiger partial charge in [0.15, 0.2) is 0 Å². The number of nitrogens with zero attached hydrogens (tertiary/aromatic N) is 1. The second kappa shape index (κ2) is 4.84. The number of aromatic nitrogens is 1. The lowest BCUT2D eigenvalue weighted by Gasteiger charge is -2.08. The minimum Gasteiger partial charge on any atom is -0.264 e. The first kappa shape index (κ1) is 10.7. The van der Waals surface area contributed by atoms with E-state index in [0.29, 0.717) is 0 Å². The predicted molar refractivity (Wildman–Crippen MR) is 73.9 cm³/mol. The molecule has 3 aromatic rings. The summed E-state index contributed by atoms with van der Waals surface area (Å²) in [6, 6.07) is 23.7. The maximum absolute atomic E-state index is 4.18. The van der Waals surface area contributed by atoms with Gasteiger partial charge in [0.1, 0.15) is 0 Å². The Morgan fingerprint density at radius 1 is 0.778 bits per heavy atom. The van der Waals surface area contributed by atoms with Crippen LogP contribution in [0.4, 0.5) is 0 Å². The SMILES string of the molecule is [c]1cccc(-c2cccnc2)c1-c1ccccc1. The second-order valence-electron chi connectivity index (χ2n) is 4.07. The highest BCUT2D eigenvalue weighted by Gasteiger charge is 2.06. The van der Waals surface area contributed by atoms with E-state index >= 15 is 0 Å². The van der Waals surface area contributed by atoms with Crippen molar-refractivity contribution in [2.75, 3.05) is 0 Å². The van der Waals surface area contributed by atoms with Gasteiger partial charge in [0.25, 0.3) is 0 Å². The summed E-state index contributed by atoms with van der Waals surface area (Å²) in [4.78, 5) is 4.18. The molecule has 0 atom stereocenters. The first-order valence-corrected chi connectivity index (χ1v) is 5.92. The Bertz CT molecular complexity index is 572. The smallest absolute Gasteiger partial charge is 0.0346 e. The molecule has 0 aliphatic rings. The number of rotatable bonds is 2. The molecule has 1 nitrogen and oxygen atoms in total. The molecular formula is C17H12N. The standard InChI is InChI=1S/C17H12N/c1-2-7-14(8-3-1)16-10-4-5-11-17(16)15-9-6-12-18-13-15/h1-9,11-13H. The third kappa shape index (κ3) is 2.03. The third-order valence-electron chi connectivity index (χ3n) is 2.89. The van der Waals surface area contributed by atoms with Gasteiger partial charge in [-0.25, -0.2) is 0 Å². The molecule has 0 aliphatic heterocycles. The van der Waals surface area contributed by atoms with Crippen LogP contribution >= 0.6 is 0 Å². The molecule has 85 valence electrons. The van der Waals surface area contributed by atoms with Gasteiger partial charge in [-0.2, -0.15) is 0 Å². The van der Waals surface area contributed by atoms with Crippen molar-refractivity contribution in [3.63, 3.8) is 0 Å². The molecule has 2 aromatic carbocycles. The highest BCUT2D eigenvalue weighted by molar-refractivity contribution is 5.82. The molecule has 0 amide bonds. The van der Waals surface area contributed by atoms with Crippen molar-refractivity contribution >= 4 is 0 Å². The molecular weight excluding hydrogens is 218 g/mol. The topological polar surface area (TPSA) is 12.9 Å². The molecule has 0 saturated carbocycles. The summed E-state index contributed by atoms with van der Waals surface area (Å²) in [6.45, 7) is 0. The fourth-order valence-corrected chi connectivity index (χ4v) is 2.04. The zero-order valence-electron chi connectivity index (χ0n) is 9.88. The van der Waals surface area contributed by atoms with Crippen molar-refractivity contribution in [1.29, 1.82) is 0 Å². The van der Waals surface area contributed by atoms with Crippen LogP contribution in [0.3, 0.4) is 0 Å². The minimum absolute atomic E-state index is 1.12. The van der Waals surface area contributed by atoms with E-state index in [9.17, 15) is 0 Å². The fraction of sp³-hybridized carbons (Fsp3) is 0. The summed E-state index contributed by atoms with van der Waals surface area (Å²) in [5.41, 5.74) is 4.58. The Morgan fingerprint density at radius 3 is 2.39 bits per heavy atom. The molecule has 1 heterocycles. The summed E-state index contributed by atoms with van der Waals surface area (Å²) in [7, 11) is 0. The largest absolute Gasteiger partial charge is 0.264 e. The maximum atomic E-state index is 4.18. The first-order chi connectivity index (χ1) is 8.95. The Balaban J connectivity index is 2.18. The zero-order valence-corrected chi connectivity index (χ0v) is 9.88. The zero-order chi connectivity index (χ0) is 12.2. The van der Waals surface area contributed by atoms with E-state index in [2.05, 4.69) is 35.3 Å². The van der Waals surface area contributed by atoms with Crippen LogP contribution in [0.25, 0.3) is 22.3 Å². The van der Waals surface area contributed by atoms with Gasteiger partial charge in [-0.15, -0.1) is 0 Å². The lowest BCUT2D eigenvalue weighted by molar-refractivity contribution is 1.33. The lowest BCUT2D eigenvalue weighted by atomic mass is 9.96. The molecule has 1 radical (unpaired) electrons. The highest BCUT2D eigenvalue weighted by atomic mass is 14.6. The summed E-state index contributed by atoms with van der Waals surface area (Å²) in [5.74, 6) is 0. The van der Waals surface area contributed by atoms with Crippen LogP contribution in [-0.2, 0) is 0 Å². The van der Waals surface area contributed by atoms with Crippen LogP contribution in [0.1, 0.15) is 0 Å². The second-order valence-corrected chi connectivity index (χ2v) is 4.07. The molecule has 0 spiro atoms. The molecule has 0 saturated heterocycles. The molecule has 1 heteroatoms. The number of hydrogen-bond acceptors (Lipinski definition) is 1. The van der Waals surface area contributed by atoms with Gasteiger partial charge in [0.2, 0.25) is 0 Å². The van der Waals surface area contributed by atoms with Crippen LogP contribution in [0.5, 0.6) is 0 Å². The van der Waals surface area contributed by atoms with Crippen molar-refractivity contribution in [1.82, 2.24) is 4.98 Å². The normalized spacial score (nSPS) is 10.2. The lowest BCUT2D eigenvalue weighted by Crippen LogP contribution is -1.85. The monoisotopic (exact) mass is 230 g/mol. The van der Waals surface area contributed by atoms with Crippen molar-refractivity contribution < 1.29 is 0 Å². The molecule has 0 fully saturated rings. The van der Waals surface area contributed by atoms with Crippen molar-refractivity contribution in [2.24, 2.45) is 0 Å². The van der Waals surface area contributed by atoms with Crippen LogP contribution in [0.2, 0.25) is 0 Å². The van der Waals surface area contributed by atoms with Gasteiger partial charge >= 0.3 is 0 Å². The van der Waals surface area contributed by atoms with E-state index < -0.39 is 0 Å². The van der Waals surface area contributed by atoms with E-state index in [0.717, 1.165) is 16.7 Å². The van der Waals surface area contributed by atoms with Gasteiger partial charge in [-0.3, -0.25) is 4.98 Å². The summed E-state index contributed by atoms with van der Waals surface area (Å²) in [5, 5.41) is 0. The molecule has 18 heavy (non-hydrogen) atoms. The fourth-order valence-electron chi connectivity index (χ4n) is 2.04. The van der Waals surface area contributed by atoms with E-state index in [1.165, 1.54) is 5.56 Å². The molecule has 0 bridgehead atoms. The molecule has 0 unspecified atom stereocenters. The van der Waals surface area contributed by atoms with E-state index in [1.54, 1.807) is 6.20 Å². The van der Waals surface area contributed by atoms with Gasteiger partial charge in [0.05, 0.1) is 0 Å². The van der Waals surface area contributed by atoms with Crippen molar-refractivity contribution in [3.8, 4) is 22.3 Å². The predicted octanol–water partition coefficient (Wildman–Crippen LogP) is 4.22.